The Morgan fingerprint density at radius 2 is 1.19 bits per heavy atom. The fourth-order valence-corrected chi connectivity index (χ4v) is 1.88. The smallest absolute Gasteiger partial charge is 0.0351 e. The van der Waals surface area contributed by atoms with Gasteiger partial charge in [0.05, 0.1) is 0 Å². The van der Waals surface area contributed by atoms with Crippen molar-refractivity contribution >= 4 is 0 Å². The Morgan fingerprint density at radius 1 is 0.688 bits per heavy atom. The number of unbranched alkanes of at least 4 members (excludes halogenated alkanes) is 10. The third-order valence-electron chi connectivity index (χ3n) is 3.01. The van der Waals surface area contributed by atoms with Crippen molar-refractivity contribution in [3.05, 3.63) is 19.1 Å². The lowest BCUT2D eigenvalue weighted by Gasteiger charge is -1.99. The van der Waals surface area contributed by atoms with Crippen LogP contribution in [0.4, 0.5) is 0 Å². The molecule has 0 aliphatic heterocycles. The first-order valence-electron chi connectivity index (χ1n) is 7.36. The summed E-state index contributed by atoms with van der Waals surface area (Å²) in [6, 6.07) is 0. The van der Waals surface area contributed by atoms with E-state index in [0.29, 0.717) is 0 Å². The molecule has 0 amide bonds. The Balaban J connectivity index is 2.95. The van der Waals surface area contributed by atoms with E-state index in [4.69, 9.17) is 0 Å². The van der Waals surface area contributed by atoms with E-state index in [1.807, 2.05) is 0 Å². The predicted molar refractivity (Wildman–Crippen MR) is 75.6 cm³/mol. The summed E-state index contributed by atoms with van der Waals surface area (Å²) in [4.78, 5) is 0. The van der Waals surface area contributed by atoms with Gasteiger partial charge in [0, 0.05) is 0 Å². The van der Waals surface area contributed by atoms with Crippen molar-refractivity contribution in [3.63, 3.8) is 0 Å². The van der Waals surface area contributed by atoms with Crippen LogP contribution < -0.4 is 0 Å². The molecule has 0 heterocycles. The zero-order chi connectivity index (χ0) is 11.9. The van der Waals surface area contributed by atoms with E-state index < -0.39 is 0 Å². The summed E-state index contributed by atoms with van der Waals surface area (Å²) in [6.45, 7) is 6.12. The van der Waals surface area contributed by atoms with Crippen LogP contribution in [0, 0.1) is 6.92 Å². The first kappa shape index (κ1) is 15.7. The maximum absolute atomic E-state index is 3.87. The summed E-state index contributed by atoms with van der Waals surface area (Å²) in [7, 11) is 0. The van der Waals surface area contributed by atoms with E-state index in [-0.39, 0.29) is 0 Å². The van der Waals surface area contributed by atoms with E-state index in [2.05, 4.69) is 26.0 Å². The highest BCUT2D eigenvalue weighted by atomic mass is 14.0. The van der Waals surface area contributed by atoms with E-state index in [1.54, 1.807) is 0 Å². The average Bonchev–Trinajstić information content (AvgIpc) is 2.31. The molecule has 0 N–H and O–H groups in total. The lowest BCUT2D eigenvalue weighted by molar-refractivity contribution is 0.583. The van der Waals surface area contributed by atoms with Gasteiger partial charge in [-0.25, -0.2) is 0 Å². The molecular weight excluding hydrogens is 192 g/mol. The molecule has 0 aromatic carbocycles. The molecule has 0 spiro atoms. The standard InChI is InChI=1S/C16H31/c1-3-5-7-9-11-13-15-16-14-12-10-8-6-4-2/h10,12H,1,3-9,11,13-16H2,2H3. The van der Waals surface area contributed by atoms with Crippen molar-refractivity contribution in [2.45, 2.75) is 84.0 Å². The number of rotatable bonds is 12. The van der Waals surface area contributed by atoms with Crippen molar-refractivity contribution in [2.75, 3.05) is 0 Å². The normalized spacial score (nSPS) is 11.4. The Morgan fingerprint density at radius 3 is 1.75 bits per heavy atom. The van der Waals surface area contributed by atoms with Crippen LogP contribution in [-0.2, 0) is 0 Å². The fraction of sp³-hybridized carbons (Fsp3) is 0.812. The van der Waals surface area contributed by atoms with Crippen molar-refractivity contribution in [1.29, 1.82) is 0 Å². The summed E-state index contributed by atoms with van der Waals surface area (Å²) >= 11 is 0. The number of hydrogen-bond acceptors (Lipinski definition) is 0. The molecule has 0 aromatic rings. The zero-order valence-corrected chi connectivity index (χ0v) is 11.3. The van der Waals surface area contributed by atoms with Gasteiger partial charge in [-0.1, -0.05) is 83.8 Å². The third-order valence-corrected chi connectivity index (χ3v) is 3.01. The second kappa shape index (κ2) is 14.7. The van der Waals surface area contributed by atoms with Gasteiger partial charge in [0.25, 0.3) is 0 Å². The van der Waals surface area contributed by atoms with Crippen LogP contribution >= 0.6 is 0 Å². The van der Waals surface area contributed by atoms with Crippen molar-refractivity contribution < 1.29 is 0 Å². The van der Waals surface area contributed by atoms with Crippen LogP contribution in [0.25, 0.3) is 0 Å². The van der Waals surface area contributed by atoms with Crippen LogP contribution in [-0.4, -0.2) is 0 Å². The molecule has 0 nitrogen and oxygen atoms in total. The molecule has 16 heavy (non-hydrogen) atoms. The lowest BCUT2D eigenvalue weighted by atomic mass is 10.1. The topological polar surface area (TPSA) is 0 Å². The van der Waals surface area contributed by atoms with Gasteiger partial charge in [-0.05, 0) is 19.3 Å². The Labute approximate surface area is 104 Å². The second-order valence-corrected chi connectivity index (χ2v) is 4.73. The van der Waals surface area contributed by atoms with Crippen LogP contribution in [0.3, 0.4) is 0 Å². The lowest BCUT2D eigenvalue weighted by Crippen LogP contribution is -1.80. The zero-order valence-electron chi connectivity index (χ0n) is 11.3. The minimum atomic E-state index is 1.11. The molecule has 0 heteroatoms. The van der Waals surface area contributed by atoms with Crippen molar-refractivity contribution in [1.82, 2.24) is 0 Å². The van der Waals surface area contributed by atoms with Gasteiger partial charge in [-0.3, -0.25) is 0 Å². The first-order valence-corrected chi connectivity index (χ1v) is 7.36. The Hall–Kier alpha value is -0.260. The fourth-order valence-electron chi connectivity index (χ4n) is 1.88. The molecule has 0 aliphatic carbocycles. The van der Waals surface area contributed by atoms with Gasteiger partial charge in [0.1, 0.15) is 0 Å². The average molecular weight is 223 g/mol. The molecule has 0 bridgehead atoms. The maximum Gasteiger partial charge on any atom is -0.0351 e. The molecule has 0 rings (SSSR count). The van der Waals surface area contributed by atoms with Gasteiger partial charge < -0.3 is 0 Å². The van der Waals surface area contributed by atoms with Crippen LogP contribution in [0.2, 0.25) is 0 Å². The van der Waals surface area contributed by atoms with E-state index in [1.165, 1.54) is 70.6 Å². The van der Waals surface area contributed by atoms with E-state index in [0.717, 1.165) is 6.42 Å². The molecule has 0 atom stereocenters. The molecular formula is C16H31. The molecule has 95 valence electrons. The molecule has 0 saturated carbocycles. The molecule has 0 saturated heterocycles. The van der Waals surface area contributed by atoms with E-state index >= 15 is 0 Å². The Bertz CT molecular complexity index is 135. The number of allylic oxidation sites excluding steroid dienone is 2. The highest BCUT2D eigenvalue weighted by Gasteiger charge is 1.90. The molecule has 0 aromatic heterocycles. The first-order chi connectivity index (χ1) is 7.91. The minimum absolute atomic E-state index is 1.11. The van der Waals surface area contributed by atoms with Gasteiger partial charge in [-0.15, -0.1) is 0 Å². The van der Waals surface area contributed by atoms with Crippen LogP contribution in [0.15, 0.2) is 12.2 Å². The maximum atomic E-state index is 3.87. The quantitative estimate of drug-likeness (QED) is 0.278. The molecule has 0 unspecified atom stereocenters. The van der Waals surface area contributed by atoms with Crippen LogP contribution in [0.5, 0.6) is 0 Å². The third kappa shape index (κ3) is 13.7. The molecule has 0 fully saturated rings. The van der Waals surface area contributed by atoms with Gasteiger partial charge in [0.15, 0.2) is 0 Å². The van der Waals surface area contributed by atoms with E-state index in [9.17, 15) is 0 Å². The SMILES string of the molecule is [CH2]CCCCCCCCCC=CCCCC. The highest BCUT2D eigenvalue weighted by Crippen LogP contribution is 2.09. The summed E-state index contributed by atoms with van der Waals surface area (Å²) in [5, 5.41) is 0. The second-order valence-electron chi connectivity index (χ2n) is 4.73. The monoisotopic (exact) mass is 223 g/mol. The van der Waals surface area contributed by atoms with Gasteiger partial charge in [-0.2, -0.15) is 0 Å². The summed E-state index contributed by atoms with van der Waals surface area (Å²) < 4.78 is 0. The highest BCUT2D eigenvalue weighted by molar-refractivity contribution is 4.81. The summed E-state index contributed by atoms with van der Waals surface area (Å²) in [5.41, 5.74) is 0. The van der Waals surface area contributed by atoms with Gasteiger partial charge in [0.2, 0.25) is 0 Å². The number of hydrogen-bond donors (Lipinski definition) is 0. The van der Waals surface area contributed by atoms with Crippen LogP contribution in [0.1, 0.15) is 84.0 Å². The minimum Gasteiger partial charge on any atom is -0.0885 e. The predicted octanol–water partition coefficient (Wildman–Crippen LogP) is 6.08. The molecule has 0 aliphatic rings. The van der Waals surface area contributed by atoms with Gasteiger partial charge >= 0.3 is 0 Å². The Kier molecular flexibility index (Phi) is 14.5. The largest absolute Gasteiger partial charge is 0.0885 e. The summed E-state index contributed by atoms with van der Waals surface area (Å²) in [5.74, 6) is 0. The summed E-state index contributed by atoms with van der Waals surface area (Å²) in [6.07, 6.45) is 20.9. The van der Waals surface area contributed by atoms with Crippen molar-refractivity contribution in [3.8, 4) is 0 Å². The van der Waals surface area contributed by atoms with Crippen molar-refractivity contribution in [2.24, 2.45) is 0 Å². The molecule has 1 radical (unpaired) electrons.